The molecule has 3 rings (SSSR count). The summed E-state index contributed by atoms with van der Waals surface area (Å²) >= 11 is 0. The van der Waals surface area contributed by atoms with Crippen molar-refractivity contribution in [3.8, 4) is 5.75 Å². The number of nitrogens with zero attached hydrogens (tertiary/aromatic N) is 1. The molecule has 28 heavy (non-hydrogen) atoms. The summed E-state index contributed by atoms with van der Waals surface area (Å²) in [6.07, 6.45) is 3.75. The molecule has 1 aliphatic rings. The minimum atomic E-state index is -0.996. The molecule has 0 radical (unpaired) electrons. The van der Waals surface area contributed by atoms with Gasteiger partial charge >= 0.3 is 5.97 Å². The summed E-state index contributed by atoms with van der Waals surface area (Å²) in [5.74, 6) is -0.952. The molecule has 1 N–H and O–H groups in total. The number of benzene rings is 2. The Labute approximate surface area is 163 Å². The Morgan fingerprint density at radius 3 is 2.68 bits per heavy atom. The number of aryl methyl sites for hydroxylation is 1. The van der Waals surface area contributed by atoms with Crippen molar-refractivity contribution in [2.24, 2.45) is 5.92 Å². The molecule has 1 fully saturated rings. The number of ether oxygens (including phenoxy) is 1. The van der Waals surface area contributed by atoms with Gasteiger partial charge in [-0.3, -0.25) is 4.90 Å². The van der Waals surface area contributed by atoms with E-state index in [0.29, 0.717) is 23.7 Å². The molecule has 1 atom stereocenters. The van der Waals surface area contributed by atoms with Gasteiger partial charge in [-0.05, 0) is 67.5 Å². The first-order chi connectivity index (χ1) is 13.5. The Balaban J connectivity index is 1.48. The molecule has 0 bridgehead atoms. The topological polar surface area (TPSA) is 49.8 Å². The van der Waals surface area contributed by atoms with Gasteiger partial charge < -0.3 is 9.84 Å². The van der Waals surface area contributed by atoms with Crippen LogP contribution in [-0.2, 0) is 17.8 Å². The van der Waals surface area contributed by atoms with Crippen LogP contribution in [0, 0.1) is 17.6 Å². The Morgan fingerprint density at radius 1 is 1.18 bits per heavy atom. The predicted octanol–water partition coefficient (Wildman–Crippen LogP) is 4.27. The third-order valence-electron chi connectivity index (χ3n) is 5.13. The summed E-state index contributed by atoms with van der Waals surface area (Å²) in [5, 5.41) is 8.65. The highest BCUT2D eigenvalue weighted by atomic mass is 19.1. The summed E-state index contributed by atoms with van der Waals surface area (Å²) in [7, 11) is 0. The SMILES string of the molecule is O=C(O)COc1ccc(CN2CCCC(CCc3ccc(F)cc3F)C2)cc1. The summed E-state index contributed by atoms with van der Waals surface area (Å²) in [6, 6.07) is 11.3. The third kappa shape index (κ3) is 6.02. The number of aliphatic carboxylic acids is 1. The molecule has 2 aromatic carbocycles. The first kappa shape index (κ1) is 20.3. The van der Waals surface area contributed by atoms with Crippen LogP contribution in [0.2, 0.25) is 0 Å². The van der Waals surface area contributed by atoms with Gasteiger partial charge in [0.25, 0.3) is 0 Å². The average molecular weight is 389 g/mol. The lowest BCUT2D eigenvalue weighted by atomic mass is 9.91. The monoisotopic (exact) mass is 389 g/mol. The van der Waals surface area contributed by atoms with Gasteiger partial charge in [0.05, 0.1) is 0 Å². The van der Waals surface area contributed by atoms with Crippen LogP contribution < -0.4 is 4.74 Å². The van der Waals surface area contributed by atoms with E-state index in [1.807, 2.05) is 12.1 Å². The van der Waals surface area contributed by atoms with Gasteiger partial charge in [-0.25, -0.2) is 13.6 Å². The lowest BCUT2D eigenvalue weighted by Gasteiger charge is -2.33. The van der Waals surface area contributed by atoms with E-state index in [1.54, 1.807) is 18.2 Å². The molecule has 1 heterocycles. The van der Waals surface area contributed by atoms with Crippen molar-refractivity contribution in [2.75, 3.05) is 19.7 Å². The summed E-state index contributed by atoms with van der Waals surface area (Å²) in [4.78, 5) is 12.9. The number of likely N-dealkylation sites (tertiary alicyclic amines) is 1. The first-order valence-corrected chi connectivity index (χ1v) is 9.59. The van der Waals surface area contributed by atoms with Crippen molar-refractivity contribution in [1.82, 2.24) is 4.90 Å². The van der Waals surface area contributed by atoms with Crippen LogP contribution >= 0.6 is 0 Å². The van der Waals surface area contributed by atoms with Crippen LogP contribution in [0.15, 0.2) is 42.5 Å². The largest absolute Gasteiger partial charge is 0.482 e. The molecule has 1 aliphatic heterocycles. The van der Waals surface area contributed by atoms with Gasteiger partial charge in [-0.15, -0.1) is 0 Å². The fraction of sp³-hybridized carbons (Fsp3) is 0.409. The summed E-state index contributed by atoms with van der Waals surface area (Å²) in [6.45, 7) is 2.46. The zero-order valence-corrected chi connectivity index (χ0v) is 15.7. The molecule has 0 spiro atoms. The highest BCUT2D eigenvalue weighted by Crippen LogP contribution is 2.24. The zero-order valence-electron chi connectivity index (χ0n) is 15.7. The lowest BCUT2D eigenvalue weighted by Crippen LogP contribution is -2.35. The molecular formula is C22H25F2NO3. The van der Waals surface area contributed by atoms with E-state index in [9.17, 15) is 13.6 Å². The van der Waals surface area contributed by atoms with Crippen molar-refractivity contribution < 1.29 is 23.4 Å². The molecule has 0 aliphatic carbocycles. The standard InChI is InChI=1S/C22H25F2NO3/c23-19-8-7-18(21(24)12-19)6-3-16-2-1-11-25(13-16)14-17-4-9-20(10-5-17)28-15-22(26)27/h4-5,7-10,12,16H,1-3,6,11,13-15H2,(H,26,27). The zero-order chi connectivity index (χ0) is 19.9. The fourth-order valence-electron chi connectivity index (χ4n) is 3.71. The highest BCUT2D eigenvalue weighted by Gasteiger charge is 2.20. The fourth-order valence-corrected chi connectivity index (χ4v) is 3.71. The molecule has 0 amide bonds. The van der Waals surface area contributed by atoms with E-state index in [1.165, 1.54) is 6.07 Å². The molecule has 6 heteroatoms. The predicted molar refractivity (Wildman–Crippen MR) is 102 cm³/mol. The molecule has 2 aromatic rings. The second-order valence-corrected chi connectivity index (χ2v) is 7.34. The summed E-state index contributed by atoms with van der Waals surface area (Å²) < 4.78 is 32.0. The Morgan fingerprint density at radius 2 is 1.96 bits per heavy atom. The van der Waals surface area contributed by atoms with Gasteiger partial charge in [0.15, 0.2) is 6.61 Å². The molecule has 0 saturated carbocycles. The third-order valence-corrected chi connectivity index (χ3v) is 5.13. The lowest BCUT2D eigenvalue weighted by molar-refractivity contribution is -0.139. The van der Waals surface area contributed by atoms with E-state index < -0.39 is 17.6 Å². The number of carbonyl (C=O) groups is 1. The van der Waals surface area contributed by atoms with Gasteiger partial charge in [-0.1, -0.05) is 18.2 Å². The van der Waals surface area contributed by atoms with Crippen LogP contribution in [0.25, 0.3) is 0 Å². The number of piperidine rings is 1. The molecule has 150 valence electrons. The second kappa shape index (κ2) is 9.64. The maximum absolute atomic E-state index is 13.8. The van der Waals surface area contributed by atoms with Crippen LogP contribution in [0.3, 0.4) is 0 Å². The van der Waals surface area contributed by atoms with E-state index in [0.717, 1.165) is 50.5 Å². The molecule has 4 nitrogen and oxygen atoms in total. The number of hydrogen-bond donors (Lipinski definition) is 1. The number of rotatable bonds is 8. The number of carboxylic acid groups (broad SMARTS) is 1. The van der Waals surface area contributed by atoms with Crippen molar-refractivity contribution in [2.45, 2.75) is 32.2 Å². The van der Waals surface area contributed by atoms with Gasteiger partial charge in [0, 0.05) is 19.2 Å². The Bertz CT molecular complexity index is 795. The van der Waals surface area contributed by atoms with Crippen LogP contribution in [-0.4, -0.2) is 35.7 Å². The van der Waals surface area contributed by atoms with Crippen LogP contribution in [0.5, 0.6) is 5.75 Å². The smallest absolute Gasteiger partial charge is 0.341 e. The normalized spacial score (nSPS) is 17.4. The maximum atomic E-state index is 13.8. The second-order valence-electron chi connectivity index (χ2n) is 7.34. The molecular weight excluding hydrogens is 364 g/mol. The van der Waals surface area contributed by atoms with E-state index in [2.05, 4.69) is 4.90 Å². The molecule has 1 saturated heterocycles. The van der Waals surface area contributed by atoms with Crippen LogP contribution in [0.1, 0.15) is 30.4 Å². The number of halogens is 2. The quantitative estimate of drug-likeness (QED) is 0.732. The maximum Gasteiger partial charge on any atom is 0.341 e. The average Bonchev–Trinajstić information content (AvgIpc) is 2.67. The van der Waals surface area contributed by atoms with Gasteiger partial charge in [0.1, 0.15) is 17.4 Å². The minimum Gasteiger partial charge on any atom is -0.482 e. The number of hydrogen-bond acceptors (Lipinski definition) is 3. The minimum absolute atomic E-state index is 0.345. The number of carboxylic acids is 1. The summed E-state index contributed by atoms with van der Waals surface area (Å²) in [5.41, 5.74) is 1.73. The van der Waals surface area contributed by atoms with Gasteiger partial charge in [-0.2, -0.15) is 0 Å². The first-order valence-electron chi connectivity index (χ1n) is 9.59. The highest BCUT2D eigenvalue weighted by molar-refractivity contribution is 5.68. The molecule has 1 unspecified atom stereocenters. The van der Waals surface area contributed by atoms with Crippen molar-refractivity contribution in [3.63, 3.8) is 0 Å². The Hall–Kier alpha value is -2.47. The van der Waals surface area contributed by atoms with Crippen molar-refractivity contribution in [3.05, 3.63) is 65.2 Å². The van der Waals surface area contributed by atoms with E-state index in [-0.39, 0.29) is 6.61 Å². The van der Waals surface area contributed by atoms with Crippen molar-refractivity contribution >= 4 is 5.97 Å². The van der Waals surface area contributed by atoms with E-state index >= 15 is 0 Å². The molecule has 0 aromatic heterocycles. The van der Waals surface area contributed by atoms with E-state index in [4.69, 9.17) is 9.84 Å². The van der Waals surface area contributed by atoms with Crippen LogP contribution in [0.4, 0.5) is 8.78 Å². The van der Waals surface area contributed by atoms with Gasteiger partial charge in [0.2, 0.25) is 0 Å². The Kier molecular flexibility index (Phi) is 6.98. The van der Waals surface area contributed by atoms with Crippen molar-refractivity contribution in [1.29, 1.82) is 0 Å².